The average Bonchev–Trinajstić information content (AvgIpc) is 3.07. The van der Waals surface area contributed by atoms with Gasteiger partial charge in [-0.25, -0.2) is 0 Å². The standard InChI is InChI=1S/C15H21N3O/c16-13-4-1-3-12(13)15(19)18-10-2-5-14(18)11-6-8-17-9-7-11/h6-9,12-14H,1-5,10,16H2. The van der Waals surface area contributed by atoms with Crippen LogP contribution in [-0.4, -0.2) is 28.4 Å². The van der Waals surface area contributed by atoms with Gasteiger partial charge in [0.15, 0.2) is 0 Å². The van der Waals surface area contributed by atoms with Crippen molar-refractivity contribution in [2.24, 2.45) is 11.7 Å². The van der Waals surface area contributed by atoms with Crippen LogP contribution in [0, 0.1) is 5.92 Å². The maximum absolute atomic E-state index is 12.7. The number of carbonyl (C=O) groups excluding carboxylic acids is 1. The molecule has 1 aliphatic heterocycles. The Balaban J connectivity index is 1.78. The van der Waals surface area contributed by atoms with E-state index >= 15 is 0 Å². The van der Waals surface area contributed by atoms with Crippen molar-refractivity contribution in [1.29, 1.82) is 0 Å². The minimum Gasteiger partial charge on any atom is -0.335 e. The molecule has 0 bridgehead atoms. The fourth-order valence-corrected chi connectivity index (χ4v) is 3.47. The van der Waals surface area contributed by atoms with Gasteiger partial charge in [0, 0.05) is 25.0 Å². The van der Waals surface area contributed by atoms with Crippen LogP contribution in [0.15, 0.2) is 24.5 Å². The summed E-state index contributed by atoms with van der Waals surface area (Å²) in [7, 11) is 0. The van der Waals surface area contributed by atoms with Gasteiger partial charge in [0.25, 0.3) is 0 Å². The second kappa shape index (κ2) is 5.29. The molecule has 3 rings (SSSR count). The summed E-state index contributed by atoms with van der Waals surface area (Å²) >= 11 is 0. The summed E-state index contributed by atoms with van der Waals surface area (Å²) < 4.78 is 0. The number of pyridine rings is 1. The summed E-state index contributed by atoms with van der Waals surface area (Å²) in [6.45, 7) is 0.870. The summed E-state index contributed by atoms with van der Waals surface area (Å²) in [5, 5.41) is 0. The van der Waals surface area contributed by atoms with E-state index in [9.17, 15) is 4.79 Å². The maximum atomic E-state index is 12.7. The van der Waals surface area contributed by atoms with Crippen LogP contribution in [0.1, 0.15) is 43.7 Å². The average molecular weight is 259 g/mol. The van der Waals surface area contributed by atoms with Crippen molar-refractivity contribution >= 4 is 5.91 Å². The molecular weight excluding hydrogens is 238 g/mol. The van der Waals surface area contributed by atoms with E-state index in [0.717, 1.165) is 38.6 Å². The van der Waals surface area contributed by atoms with Crippen molar-refractivity contribution in [1.82, 2.24) is 9.88 Å². The number of carbonyl (C=O) groups is 1. The van der Waals surface area contributed by atoms with Crippen LogP contribution < -0.4 is 5.73 Å². The number of aromatic nitrogens is 1. The first-order valence-corrected chi connectivity index (χ1v) is 7.23. The van der Waals surface area contributed by atoms with Gasteiger partial charge in [0.2, 0.25) is 5.91 Å². The van der Waals surface area contributed by atoms with Crippen molar-refractivity contribution in [3.05, 3.63) is 30.1 Å². The van der Waals surface area contributed by atoms with Crippen molar-refractivity contribution in [3.8, 4) is 0 Å². The lowest BCUT2D eigenvalue weighted by Gasteiger charge is -2.29. The highest BCUT2D eigenvalue weighted by Gasteiger charge is 2.38. The molecule has 1 amide bonds. The smallest absolute Gasteiger partial charge is 0.227 e. The first-order valence-electron chi connectivity index (χ1n) is 7.23. The monoisotopic (exact) mass is 259 g/mol. The molecule has 1 saturated carbocycles. The summed E-state index contributed by atoms with van der Waals surface area (Å²) in [4.78, 5) is 18.8. The Morgan fingerprint density at radius 2 is 2.00 bits per heavy atom. The van der Waals surface area contributed by atoms with Crippen LogP contribution in [0.3, 0.4) is 0 Å². The van der Waals surface area contributed by atoms with E-state index in [2.05, 4.69) is 4.98 Å². The zero-order valence-electron chi connectivity index (χ0n) is 11.2. The molecule has 0 aromatic carbocycles. The topological polar surface area (TPSA) is 59.2 Å². The highest BCUT2D eigenvalue weighted by atomic mass is 16.2. The third-order valence-electron chi connectivity index (χ3n) is 4.51. The minimum atomic E-state index is 0.0439. The number of hydrogen-bond acceptors (Lipinski definition) is 3. The molecule has 1 aromatic rings. The van der Waals surface area contributed by atoms with Gasteiger partial charge in [-0.2, -0.15) is 0 Å². The van der Waals surface area contributed by atoms with Crippen molar-refractivity contribution < 1.29 is 4.79 Å². The van der Waals surface area contributed by atoms with E-state index in [0.29, 0.717) is 0 Å². The fourth-order valence-electron chi connectivity index (χ4n) is 3.47. The summed E-state index contributed by atoms with van der Waals surface area (Å²) in [5.74, 6) is 0.312. The SMILES string of the molecule is NC1CCCC1C(=O)N1CCCC1c1ccncc1. The van der Waals surface area contributed by atoms with Gasteiger partial charge >= 0.3 is 0 Å². The van der Waals surface area contributed by atoms with Crippen LogP contribution >= 0.6 is 0 Å². The molecule has 1 aromatic heterocycles. The number of amides is 1. The molecule has 3 atom stereocenters. The number of rotatable bonds is 2. The molecule has 4 heteroatoms. The Labute approximate surface area is 114 Å². The maximum Gasteiger partial charge on any atom is 0.227 e. The van der Waals surface area contributed by atoms with Gasteiger partial charge < -0.3 is 10.6 Å². The van der Waals surface area contributed by atoms with Crippen LogP contribution in [0.5, 0.6) is 0 Å². The number of likely N-dealkylation sites (tertiary alicyclic amines) is 1. The first-order chi connectivity index (χ1) is 9.27. The molecule has 4 nitrogen and oxygen atoms in total. The lowest BCUT2D eigenvalue weighted by molar-refractivity contribution is -0.136. The second-order valence-corrected chi connectivity index (χ2v) is 5.67. The molecular formula is C15H21N3O. The Morgan fingerprint density at radius 3 is 2.68 bits per heavy atom. The lowest BCUT2D eigenvalue weighted by atomic mass is 10.0. The molecule has 1 saturated heterocycles. The molecule has 2 N–H and O–H groups in total. The Kier molecular flexibility index (Phi) is 3.51. The van der Waals surface area contributed by atoms with Gasteiger partial charge in [0.1, 0.15) is 0 Å². The highest BCUT2D eigenvalue weighted by Crippen LogP contribution is 2.35. The summed E-state index contributed by atoms with van der Waals surface area (Å²) in [5.41, 5.74) is 7.28. The van der Waals surface area contributed by atoms with E-state index in [1.165, 1.54) is 5.56 Å². The quantitative estimate of drug-likeness (QED) is 0.882. The molecule has 2 aliphatic rings. The largest absolute Gasteiger partial charge is 0.335 e. The second-order valence-electron chi connectivity index (χ2n) is 5.67. The predicted molar refractivity (Wildman–Crippen MR) is 73.2 cm³/mol. The zero-order valence-corrected chi connectivity index (χ0v) is 11.2. The molecule has 2 heterocycles. The van der Waals surface area contributed by atoms with E-state index in [-0.39, 0.29) is 23.9 Å². The van der Waals surface area contributed by atoms with Gasteiger partial charge in [-0.3, -0.25) is 9.78 Å². The van der Waals surface area contributed by atoms with Gasteiger partial charge in [-0.15, -0.1) is 0 Å². The van der Waals surface area contributed by atoms with Gasteiger partial charge in [0.05, 0.1) is 12.0 Å². The molecule has 2 fully saturated rings. The molecule has 102 valence electrons. The number of nitrogens with two attached hydrogens (primary N) is 1. The summed E-state index contributed by atoms with van der Waals surface area (Å²) in [6.07, 6.45) is 8.78. The van der Waals surface area contributed by atoms with Gasteiger partial charge in [-0.05, 0) is 43.4 Å². The molecule has 19 heavy (non-hydrogen) atoms. The molecule has 0 spiro atoms. The van der Waals surface area contributed by atoms with E-state index in [1.54, 1.807) is 12.4 Å². The lowest BCUT2D eigenvalue weighted by Crippen LogP contribution is -2.41. The van der Waals surface area contributed by atoms with E-state index in [4.69, 9.17) is 5.73 Å². The van der Waals surface area contributed by atoms with Crippen LogP contribution in [-0.2, 0) is 4.79 Å². The Morgan fingerprint density at radius 1 is 1.21 bits per heavy atom. The number of hydrogen-bond donors (Lipinski definition) is 1. The van der Waals surface area contributed by atoms with Crippen molar-refractivity contribution in [2.45, 2.75) is 44.2 Å². The third kappa shape index (κ3) is 2.37. The van der Waals surface area contributed by atoms with Crippen LogP contribution in [0.2, 0.25) is 0 Å². The number of nitrogens with zero attached hydrogens (tertiary/aromatic N) is 2. The van der Waals surface area contributed by atoms with Crippen LogP contribution in [0.25, 0.3) is 0 Å². The van der Waals surface area contributed by atoms with Gasteiger partial charge in [-0.1, -0.05) is 6.42 Å². The zero-order chi connectivity index (χ0) is 13.2. The fraction of sp³-hybridized carbons (Fsp3) is 0.600. The van der Waals surface area contributed by atoms with E-state index in [1.807, 2.05) is 17.0 Å². The first kappa shape index (κ1) is 12.6. The molecule has 1 aliphatic carbocycles. The van der Waals surface area contributed by atoms with E-state index < -0.39 is 0 Å². The Hall–Kier alpha value is -1.42. The van der Waals surface area contributed by atoms with Crippen molar-refractivity contribution in [3.63, 3.8) is 0 Å². The molecule has 0 radical (unpaired) electrons. The highest BCUT2D eigenvalue weighted by molar-refractivity contribution is 5.80. The van der Waals surface area contributed by atoms with Crippen molar-refractivity contribution in [2.75, 3.05) is 6.54 Å². The van der Waals surface area contributed by atoms with Crippen LogP contribution in [0.4, 0.5) is 0 Å². The summed E-state index contributed by atoms with van der Waals surface area (Å²) in [6, 6.07) is 4.32. The minimum absolute atomic E-state index is 0.0439. The normalized spacial score (nSPS) is 30.8. The third-order valence-corrected chi connectivity index (χ3v) is 4.51. The Bertz CT molecular complexity index is 448. The predicted octanol–water partition coefficient (Wildman–Crippen LogP) is 1.87. The molecule has 3 unspecified atom stereocenters.